The highest BCUT2D eigenvalue weighted by atomic mass is 127. The smallest absolute Gasteiger partial charge is 0.192 e. The minimum absolute atomic E-state index is 0. The maximum atomic E-state index is 4.70. The number of thiazole rings is 1. The summed E-state index contributed by atoms with van der Waals surface area (Å²) in [6.45, 7) is 7.18. The van der Waals surface area contributed by atoms with Crippen LogP contribution < -0.4 is 10.6 Å². The number of nitrogens with zero attached hydrogens (tertiary/aromatic N) is 5. The SMILES string of the molecule is Cc1cnc(CNC(=NCc2nnc(C)n2C)NC(C)c2ccccc2)s1.I. The molecule has 0 aliphatic heterocycles. The van der Waals surface area contributed by atoms with Crippen molar-refractivity contribution in [2.24, 2.45) is 12.0 Å². The molecule has 3 rings (SSSR count). The second-order valence-electron chi connectivity index (χ2n) is 6.38. The zero-order chi connectivity index (χ0) is 19.2. The molecule has 150 valence electrons. The van der Waals surface area contributed by atoms with E-state index in [-0.39, 0.29) is 30.0 Å². The van der Waals surface area contributed by atoms with Gasteiger partial charge in [0.15, 0.2) is 11.8 Å². The Morgan fingerprint density at radius 2 is 1.96 bits per heavy atom. The van der Waals surface area contributed by atoms with Crippen LogP contribution in [0, 0.1) is 13.8 Å². The van der Waals surface area contributed by atoms with Gasteiger partial charge in [-0.25, -0.2) is 9.98 Å². The molecule has 28 heavy (non-hydrogen) atoms. The summed E-state index contributed by atoms with van der Waals surface area (Å²) in [5.41, 5.74) is 1.20. The molecule has 1 atom stereocenters. The van der Waals surface area contributed by atoms with Gasteiger partial charge in [-0.05, 0) is 26.3 Å². The fourth-order valence-electron chi connectivity index (χ4n) is 2.56. The third kappa shape index (κ3) is 5.99. The molecule has 2 heterocycles. The van der Waals surface area contributed by atoms with E-state index in [0.717, 1.165) is 22.6 Å². The third-order valence-electron chi connectivity index (χ3n) is 4.29. The molecule has 1 aromatic carbocycles. The van der Waals surface area contributed by atoms with Gasteiger partial charge in [-0.3, -0.25) is 0 Å². The highest BCUT2D eigenvalue weighted by Crippen LogP contribution is 2.12. The molecule has 0 radical (unpaired) electrons. The number of nitrogens with one attached hydrogen (secondary N) is 2. The molecule has 2 aromatic heterocycles. The van der Waals surface area contributed by atoms with Crippen molar-refractivity contribution in [3.63, 3.8) is 0 Å². The van der Waals surface area contributed by atoms with Crippen molar-refractivity contribution in [3.05, 3.63) is 63.6 Å². The van der Waals surface area contributed by atoms with Crippen molar-refractivity contribution >= 4 is 41.3 Å². The molecule has 1 unspecified atom stereocenters. The van der Waals surface area contributed by atoms with Crippen LogP contribution in [0.25, 0.3) is 0 Å². The number of aliphatic imine (C=N–C) groups is 1. The minimum atomic E-state index is 0. The lowest BCUT2D eigenvalue weighted by Crippen LogP contribution is -2.38. The zero-order valence-electron chi connectivity index (χ0n) is 16.5. The summed E-state index contributed by atoms with van der Waals surface area (Å²) in [6, 6.07) is 10.4. The number of hydrogen-bond donors (Lipinski definition) is 2. The zero-order valence-corrected chi connectivity index (χ0v) is 19.7. The van der Waals surface area contributed by atoms with E-state index in [9.17, 15) is 0 Å². The van der Waals surface area contributed by atoms with E-state index in [1.807, 2.05) is 42.9 Å². The van der Waals surface area contributed by atoms with Gasteiger partial charge in [-0.1, -0.05) is 30.3 Å². The van der Waals surface area contributed by atoms with Crippen molar-refractivity contribution in [1.29, 1.82) is 0 Å². The van der Waals surface area contributed by atoms with Gasteiger partial charge in [0.05, 0.1) is 12.6 Å². The summed E-state index contributed by atoms with van der Waals surface area (Å²) in [6.07, 6.45) is 1.89. The predicted molar refractivity (Wildman–Crippen MR) is 124 cm³/mol. The maximum Gasteiger partial charge on any atom is 0.192 e. The average Bonchev–Trinajstić information content (AvgIpc) is 3.24. The first-order valence-electron chi connectivity index (χ1n) is 8.89. The summed E-state index contributed by atoms with van der Waals surface area (Å²) >= 11 is 1.68. The van der Waals surface area contributed by atoms with E-state index in [1.165, 1.54) is 10.4 Å². The Morgan fingerprint density at radius 1 is 1.21 bits per heavy atom. The van der Waals surface area contributed by atoms with Crippen LogP contribution >= 0.6 is 35.3 Å². The molecule has 0 saturated carbocycles. The van der Waals surface area contributed by atoms with E-state index in [1.54, 1.807) is 11.3 Å². The van der Waals surface area contributed by atoms with Crippen LogP contribution in [0.5, 0.6) is 0 Å². The van der Waals surface area contributed by atoms with Gasteiger partial charge in [0.1, 0.15) is 17.4 Å². The quantitative estimate of drug-likeness (QED) is 0.301. The van der Waals surface area contributed by atoms with Gasteiger partial charge < -0.3 is 15.2 Å². The number of rotatable bonds is 6. The number of aromatic nitrogens is 4. The van der Waals surface area contributed by atoms with E-state index < -0.39 is 0 Å². The summed E-state index contributed by atoms with van der Waals surface area (Å²) in [5, 5.41) is 16.2. The molecular weight excluding hydrogens is 485 g/mol. The van der Waals surface area contributed by atoms with Crippen molar-refractivity contribution in [2.45, 2.75) is 39.9 Å². The van der Waals surface area contributed by atoms with Crippen LogP contribution in [-0.4, -0.2) is 25.7 Å². The molecule has 9 heteroatoms. The summed E-state index contributed by atoms with van der Waals surface area (Å²) in [7, 11) is 1.95. The van der Waals surface area contributed by atoms with Crippen molar-refractivity contribution < 1.29 is 0 Å². The highest BCUT2D eigenvalue weighted by molar-refractivity contribution is 14.0. The molecule has 0 amide bonds. The number of aryl methyl sites for hydroxylation is 2. The molecule has 7 nitrogen and oxygen atoms in total. The van der Waals surface area contributed by atoms with Gasteiger partial charge in [-0.2, -0.15) is 0 Å². The Balaban J connectivity index is 0.00000280. The maximum absolute atomic E-state index is 4.70. The summed E-state index contributed by atoms with van der Waals surface area (Å²) < 4.78 is 1.95. The normalized spacial score (nSPS) is 12.4. The van der Waals surface area contributed by atoms with Crippen LogP contribution in [0.2, 0.25) is 0 Å². The number of guanidine groups is 1. The molecule has 3 aromatic rings. The minimum Gasteiger partial charge on any atom is -0.350 e. The molecule has 0 aliphatic rings. The topological polar surface area (TPSA) is 80.0 Å². The van der Waals surface area contributed by atoms with E-state index in [2.05, 4.69) is 51.8 Å². The Hall–Kier alpha value is -2.01. The molecule has 0 bridgehead atoms. The Bertz CT molecular complexity index is 904. The van der Waals surface area contributed by atoms with Gasteiger partial charge in [0.2, 0.25) is 0 Å². The molecule has 0 fully saturated rings. The van der Waals surface area contributed by atoms with E-state index >= 15 is 0 Å². The highest BCUT2D eigenvalue weighted by Gasteiger charge is 2.10. The summed E-state index contributed by atoms with van der Waals surface area (Å²) in [5.74, 6) is 2.42. The first-order chi connectivity index (χ1) is 13.0. The standard InChI is InChI=1S/C19H25N7S.HI/c1-13-10-20-18(27-13)12-22-19(21-11-17-25-24-15(3)26(17)4)23-14(2)16-8-6-5-7-9-16;/h5-10,14H,11-12H2,1-4H3,(H2,21,22,23);1H. The van der Waals surface area contributed by atoms with E-state index in [4.69, 9.17) is 4.99 Å². The lowest BCUT2D eigenvalue weighted by atomic mass is 10.1. The summed E-state index contributed by atoms with van der Waals surface area (Å²) in [4.78, 5) is 10.3. The molecule has 0 spiro atoms. The fourth-order valence-corrected chi connectivity index (χ4v) is 3.29. The van der Waals surface area contributed by atoms with E-state index in [0.29, 0.717) is 13.1 Å². The predicted octanol–water partition coefficient (Wildman–Crippen LogP) is 3.50. The van der Waals surface area contributed by atoms with Gasteiger partial charge in [0, 0.05) is 18.1 Å². The van der Waals surface area contributed by atoms with Crippen molar-refractivity contribution in [3.8, 4) is 0 Å². The molecular formula is C19H26IN7S. The number of halogens is 1. The molecule has 0 saturated heterocycles. The first-order valence-corrected chi connectivity index (χ1v) is 9.70. The number of benzene rings is 1. The van der Waals surface area contributed by atoms with Gasteiger partial charge >= 0.3 is 0 Å². The Morgan fingerprint density at radius 3 is 2.57 bits per heavy atom. The largest absolute Gasteiger partial charge is 0.350 e. The van der Waals surface area contributed by atoms with Gasteiger partial charge in [0.25, 0.3) is 0 Å². The van der Waals surface area contributed by atoms with Crippen LogP contribution in [0.3, 0.4) is 0 Å². The number of hydrogen-bond acceptors (Lipinski definition) is 5. The lowest BCUT2D eigenvalue weighted by molar-refractivity contribution is 0.675. The lowest BCUT2D eigenvalue weighted by Gasteiger charge is -2.18. The van der Waals surface area contributed by atoms with Crippen molar-refractivity contribution in [1.82, 2.24) is 30.4 Å². The second-order valence-corrected chi connectivity index (χ2v) is 7.70. The third-order valence-corrected chi connectivity index (χ3v) is 5.20. The first kappa shape index (κ1) is 22.3. The monoisotopic (exact) mass is 511 g/mol. The van der Waals surface area contributed by atoms with Crippen LogP contribution in [0.1, 0.15) is 40.1 Å². The van der Waals surface area contributed by atoms with Crippen molar-refractivity contribution in [2.75, 3.05) is 0 Å². The van der Waals surface area contributed by atoms with Crippen LogP contribution in [0.4, 0.5) is 0 Å². The second kappa shape index (κ2) is 10.5. The Labute approximate surface area is 186 Å². The average molecular weight is 511 g/mol. The molecule has 0 aliphatic carbocycles. The van der Waals surface area contributed by atoms with Crippen LogP contribution in [-0.2, 0) is 20.1 Å². The Kier molecular flexibility index (Phi) is 8.36. The van der Waals surface area contributed by atoms with Crippen LogP contribution in [0.15, 0.2) is 41.5 Å². The van der Waals surface area contributed by atoms with Gasteiger partial charge in [-0.15, -0.1) is 45.5 Å². The molecule has 2 N–H and O–H groups in total. The fraction of sp³-hybridized carbons (Fsp3) is 0.368.